The molecule has 126 valence electrons. The van der Waals surface area contributed by atoms with Crippen LogP contribution in [-0.4, -0.2) is 17.4 Å². The van der Waals surface area contributed by atoms with E-state index in [0.29, 0.717) is 25.1 Å². The van der Waals surface area contributed by atoms with E-state index in [4.69, 9.17) is 4.74 Å². The van der Waals surface area contributed by atoms with E-state index in [1.807, 2.05) is 72.8 Å². The van der Waals surface area contributed by atoms with Crippen LogP contribution in [0.1, 0.15) is 21.6 Å². The average molecular weight is 332 g/mol. The van der Waals surface area contributed by atoms with E-state index >= 15 is 0 Å². The number of ether oxygens (including phenoxy) is 1. The molecule has 0 saturated heterocycles. The van der Waals surface area contributed by atoms with Crippen LogP contribution in [0, 0.1) is 0 Å². The largest absolute Gasteiger partial charge is 0.489 e. The summed E-state index contributed by atoms with van der Waals surface area (Å²) in [5, 5.41) is 2.95. The highest BCUT2D eigenvalue weighted by atomic mass is 16.5. The van der Waals surface area contributed by atoms with Gasteiger partial charge in [0.15, 0.2) is 0 Å². The SMILES string of the molecule is O=C(NCCc1ccccn1)c1ccccc1COc1ccccc1. The number of para-hydroxylation sites is 1. The Hall–Kier alpha value is -3.14. The summed E-state index contributed by atoms with van der Waals surface area (Å²) in [6, 6.07) is 22.9. The van der Waals surface area contributed by atoms with Gasteiger partial charge in [-0.25, -0.2) is 0 Å². The van der Waals surface area contributed by atoms with Crippen LogP contribution >= 0.6 is 0 Å². The highest BCUT2D eigenvalue weighted by Gasteiger charge is 2.11. The van der Waals surface area contributed by atoms with Crippen molar-refractivity contribution in [3.63, 3.8) is 0 Å². The van der Waals surface area contributed by atoms with E-state index in [2.05, 4.69) is 10.3 Å². The predicted molar refractivity (Wildman–Crippen MR) is 97.5 cm³/mol. The zero-order chi connectivity index (χ0) is 17.3. The minimum Gasteiger partial charge on any atom is -0.489 e. The van der Waals surface area contributed by atoms with Crippen LogP contribution in [0.5, 0.6) is 5.75 Å². The van der Waals surface area contributed by atoms with Crippen molar-refractivity contribution in [1.29, 1.82) is 0 Å². The lowest BCUT2D eigenvalue weighted by molar-refractivity contribution is 0.0951. The molecule has 1 heterocycles. The first-order valence-electron chi connectivity index (χ1n) is 8.27. The smallest absolute Gasteiger partial charge is 0.251 e. The van der Waals surface area contributed by atoms with E-state index in [9.17, 15) is 4.79 Å². The summed E-state index contributed by atoms with van der Waals surface area (Å²) in [6.45, 7) is 0.900. The number of nitrogens with one attached hydrogen (secondary N) is 1. The molecule has 4 heteroatoms. The van der Waals surface area contributed by atoms with E-state index < -0.39 is 0 Å². The Morgan fingerprint density at radius 3 is 2.48 bits per heavy atom. The molecule has 3 aromatic rings. The standard InChI is InChI=1S/C21H20N2O2/c24-21(23-15-13-18-9-6-7-14-22-18)20-12-5-4-8-17(20)16-25-19-10-2-1-3-11-19/h1-12,14H,13,15-16H2,(H,23,24). The van der Waals surface area contributed by atoms with Gasteiger partial charge in [-0.15, -0.1) is 0 Å². The van der Waals surface area contributed by atoms with Crippen molar-refractivity contribution in [2.24, 2.45) is 0 Å². The van der Waals surface area contributed by atoms with Crippen LogP contribution in [0.25, 0.3) is 0 Å². The van der Waals surface area contributed by atoms with E-state index in [-0.39, 0.29) is 5.91 Å². The van der Waals surface area contributed by atoms with Gasteiger partial charge in [-0.1, -0.05) is 42.5 Å². The van der Waals surface area contributed by atoms with Crippen molar-refractivity contribution in [3.05, 3.63) is 95.8 Å². The molecule has 4 nitrogen and oxygen atoms in total. The van der Waals surface area contributed by atoms with Gasteiger partial charge in [-0.3, -0.25) is 9.78 Å². The lowest BCUT2D eigenvalue weighted by Gasteiger charge is -2.11. The molecule has 0 aliphatic rings. The van der Waals surface area contributed by atoms with Gasteiger partial charge >= 0.3 is 0 Å². The van der Waals surface area contributed by atoms with Crippen molar-refractivity contribution in [1.82, 2.24) is 10.3 Å². The van der Waals surface area contributed by atoms with Crippen LogP contribution in [0.2, 0.25) is 0 Å². The molecule has 0 spiro atoms. The predicted octanol–water partition coefficient (Wildman–Crippen LogP) is 3.63. The topological polar surface area (TPSA) is 51.2 Å². The molecule has 2 aromatic carbocycles. The number of pyridine rings is 1. The Bertz CT molecular complexity index is 804. The van der Waals surface area contributed by atoms with Gasteiger partial charge < -0.3 is 10.1 Å². The summed E-state index contributed by atoms with van der Waals surface area (Å²) in [5.74, 6) is 0.691. The third kappa shape index (κ3) is 4.91. The third-order valence-electron chi connectivity index (χ3n) is 3.79. The first-order valence-corrected chi connectivity index (χ1v) is 8.27. The van der Waals surface area contributed by atoms with Gasteiger partial charge in [0, 0.05) is 36.0 Å². The average Bonchev–Trinajstić information content (AvgIpc) is 2.68. The molecular weight excluding hydrogens is 312 g/mol. The second kappa shape index (κ2) is 8.64. The lowest BCUT2D eigenvalue weighted by atomic mass is 10.1. The minimum atomic E-state index is -0.0943. The zero-order valence-corrected chi connectivity index (χ0v) is 13.9. The summed E-state index contributed by atoms with van der Waals surface area (Å²) in [6.07, 6.45) is 2.46. The van der Waals surface area contributed by atoms with Crippen molar-refractivity contribution in [2.45, 2.75) is 13.0 Å². The molecule has 0 bridgehead atoms. The van der Waals surface area contributed by atoms with E-state index in [1.165, 1.54) is 0 Å². The maximum absolute atomic E-state index is 12.5. The van der Waals surface area contributed by atoms with E-state index in [1.54, 1.807) is 6.20 Å². The summed E-state index contributed by atoms with van der Waals surface area (Å²) < 4.78 is 5.77. The molecule has 0 aliphatic heterocycles. The number of nitrogens with zero attached hydrogens (tertiary/aromatic N) is 1. The molecule has 1 N–H and O–H groups in total. The third-order valence-corrected chi connectivity index (χ3v) is 3.79. The number of aromatic nitrogens is 1. The molecule has 1 aromatic heterocycles. The van der Waals surface area contributed by atoms with E-state index in [0.717, 1.165) is 17.0 Å². The monoisotopic (exact) mass is 332 g/mol. The first-order chi connectivity index (χ1) is 12.3. The molecule has 0 aliphatic carbocycles. The van der Waals surface area contributed by atoms with Crippen molar-refractivity contribution >= 4 is 5.91 Å². The highest BCUT2D eigenvalue weighted by Crippen LogP contribution is 2.14. The normalized spacial score (nSPS) is 10.2. The van der Waals surface area contributed by atoms with Crippen LogP contribution in [-0.2, 0) is 13.0 Å². The summed E-state index contributed by atoms with van der Waals surface area (Å²) in [5.41, 5.74) is 2.46. The molecular formula is C21H20N2O2. The minimum absolute atomic E-state index is 0.0943. The first kappa shape index (κ1) is 16.7. The molecule has 0 radical (unpaired) electrons. The number of benzene rings is 2. The maximum atomic E-state index is 12.5. The van der Waals surface area contributed by atoms with Crippen molar-refractivity contribution in [3.8, 4) is 5.75 Å². The Labute approximate surface area is 147 Å². The summed E-state index contributed by atoms with van der Waals surface area (Å²) >= 11 is 0. The number of rotatable bonds is 7. The quantitative estimate of drug-likeness (QED) is 0.719. The fourth-order valence-electron chi connectivity index (χ4n) is 2.49. The van der Waals surface area contributed by atoms with Gasteiger partial charge in [-0.2, -0.15) is 0 Å². The maximum Gasteiger partial charge on any atom is 0.251 e. The second-order valence-electron chi connectivity index (χ2n) is 5.59. The Balaban J connectivity index is 1.58. The fraction of sp³-hybridized carbons (Fsp3) is 0.143. The Morgan fingerprint density at radius 2 is 1.68 bits per heavy atom. The molecule has 0 fully saturated rings. The number of hydrogen-bond donors (Lipinski definition) is 1. The Kier molecular flexibility index (Phi) is 5.77. The zero-order valence-electron chi connectivity index (χ0n) is 13.9. The van der Waals surface area contributed by atoms with Crippen LogP contribution < -0.4 is 10.1 Å². The number of hydrogen-bond acceptors (Lipinski definition) is 3. The molecule has 0 unspecified atom stereocenters. The van der Waals surface area contributed by atoms with Gasteiger partial charge in [0.1, 0.15) is 12.4 Å². The molecule has 0 atom stereocenters. The summed E-state index contributed by atoms with van der Waals surface area (Å²) in [7, 11) is 0. The molecule has 3 rings (SSSR count). The van der Waals surface area contributed by atoms with Crippen molar-refractivity contribution < 1.29 is 9.53 Å². The fourth-order valence-corrected chi connectivity index (χ4v) is 2.49. The molecule has 1 amide bonds. The van der Waals surface area contributed by atoms with Gasteiger partial charge in [0.2, 0.25) is 0 Å². The molecule has 25 heavy (non-hydrogen) atoms. The number of carbonyl (C=O) groups excluding carboxylic acids is 1. The second-order valence-corrected chi connectivity index (χ2v) is 5.59. The van der Waals surface area contributed by atoms with Crippen LogP contribution in [0.4, 0.5) is 0 Å². The van der Waals surface area contributed by atoms with Gasteiger partial charge in [0.25, 0.3) is 5.91 Å². The highest BCUT2D eigenvalue weighted by molar-refractivity contribution is 5.95. The lowest BCUT2D eigenvalue weighted by Crippen LogP contribution is -2.27. The summed E-state index contributed by atoms with van der Waals surface area (Å²) in [4.78, 5) is 16.7. The van der Waals surface area contributed by atoms with Gasteiger partial charge in [-0.05, 0) is 30.3 Å². The van der Waals surface area contributed by atoms with Gasteiger partial charge in [0.05, 0.1) is 0 Å². The van der Waals surface area contributed by atoms with Crippen LogP contribution in [0.15, 0.2) is 79.0 Å². The number of carbonyl (C=O) groups is 1. The number of amides is 1. The van der Waals surface area contributed by atoms with Crippen LogP contribution in [0.3, 0.4) is 0 Å². The Morgan fingerprint density at radius 1 is 0.920 bits per heavy atom. The molecule has 0 saturated carbocycles. The van der Waals surface area contributed by atoms with Crippen molar-refractivity contribution in [2.75, 3.05) is 6.54 Å².